The second kappa shape index (κ2) is 8.88. The number of carboxylic acid groups (broad SMARTS) is 2. The number of phenolic OH excluding ortho intramolecular Hbond substituents is 1. The number of hydrogen-bond acceptors (Lipinski definition) is 5. The second-order valence-electron chi connectivity index (χ2n) is 6.04. The summed E-state index contributed by atoms with van der Waals surface area (Å²) in [5, 5.41) is 27.4. The lowest BCUT2D eigenvalue weighted by atomic mass is 9.89. The Kier molecular flexibility index (Phi) is 6.56. The average Bonchev–Trinajstić information content (AvgIpc) is 2.63. The van der Waals surface area contributed by atoms with Gasteiger partial charge in [-0.3, -0.25) is 9.59 Å². The summed E-state index contributed by atoms with van der Waals surface area (Å²) in [4.78, 5) is 32.4. The van der Waals surface area contributed by atoms with Crippen LogP contribution in [0.5, 0.6) is 5.75 Å². The van der Waals surface area contributed by atoms with Gasteiger partial charge in [-0.25, -0.2) is 4.79 Å². The maximum atomic E-state index is 11.7. The van der Waals surface area contributed by atoms with E-state index in [0.29, 0.717) is 33.4 Å². The molecule has 3 N–H and O–H groups in total. The van der Waals surface area contributed by atoms with Crippen molar-refractivity contribution < 1.29 is 29.3 Å². The summed E-state index contributed by atoms with van der Waals surface area (Å²) in [7, 11) is 0. The van der Waals surface area contributed by atoms with E-state index in [1.807, 2.05) is 0 Å². The minimum Gasteiger partial charge on any atom is -0.508 e. The molecule has 0 aromatic heterocycles. The van der Waals surface area contributed by atoms with Crippen molar-refractivity contribution in [3.63, 3.8) is 0 Å². The lowest BCUT2D eigenvalue weighted by Crippen LogP contribution is -2.06. The number of phenols is 1. The highest BCUT2D eigenvalue weighted by Crippen LogP contribution is 2.40. The normalized spacial score (nSPS) is 11.8. The van der Waals surface area contributed by atoms with E-state index in [0.717, 1.165) is 6.92 Å². The zero-order valence-electron chi connectivity index (χ0n) is 16.1. The van der Waals surface area contributed by atoms with Crippen LogP contribution >= 0.6 is 0 Å². The van der Waals surface area contributed by atoms with Gasteiger partial charge in [-0.2, -0.15) is 0 Å². The lowest BCUT2D eigenvalue weighted by molar-refractivity contribution is -0.134. The van der Waals surface area contributed by atoms with Crippen molar-refractivity contribution in [2.75, 3.05) is 0 Å². The van der Waals surface area contributed by atoms with Crippen LogP contribution in [0.4, 0.5) is 0 Å². The number of hydrogen-bond donors (Lipinski definition) is 3. The van der Waals surface area contributed by atoms with E-state index < -0.39 is 11.9 Å². The van der Waals surface area contributed by atoms with Gasteiger partial charge in [0, 0.05) is 35.6 Å². The number of aromatic hydroxyl groups is 1. The Labute approximate surface area is 166 Å². The maximum Gasteiger partial charge on any atom is 0.335 e. The molecule has 0 unspecified atom stereocenters. The highest BCUT2D eigenvalue weighted by Gasteiger charge is 2.23. The van der Waals surface area contributed by atoms with Crippen LogP contribution in [0.1, 0.15) is 26.3 Å². The Hall–Kier alpha value is -3.87. The average molecular weight is 396 g/mol. The van der Waals surface area contributed by atoms with E-state index in [-0.39, 0.29) is 16.8 Å². The number of rotatable bonds is 3. The number of allylic oxidation sites excluding steroid dienone is 2. The van der Waals surface area contributed by atoms with Gasteiger partial charge in [-0.15, -0.1) is 0 Å². The molecule has 1 aromatic carbocycles. The van der Waals surface area contributed by atoms with Gasteiger partial charge in [0.2, 0.25) is 0 Å². The Morgan fingerprint density at radius 1 is 1.00 bits per heavy atom. The zero-order chi connectivity index (χ0) is 21.7. The third-order valence-electron chi connectivity index (χ3n) is 4.04. The van der Waals surface area contributed by atoms with Crippen molar-refractivity contribution in [2.45, 2.75) is 20.8 Å². The minimum absolute atomic E-state index is 0.0198. The van der Waals surface area contributed by atoms with Crippen LogP contribution in [0.15, 0.2) is 63.3 Å². The van der Waals surface area contributed by atoms with E-state index in [1.165, 1.54) is 30.3 Å². The van der Waals surface area contributed by atoms with Crippen molar-refractivity contribution in [3.8, 4) is 17.1 Å². The molecule has 1 aromatic rings. The molecule has 150 valence electrons. The monoisotopic (exact) mass is 396 g/mol. The smallest absolute Gasteiger partial charge is 0.335 e. The van der Waals surface area contributed by atoms with Gasteiger partial charge in [-0.05, 0) is 43.7 Å². The Bertz CT molecular complexity index is 1160. The summed E-state index contributed by atoms with van der Waals surface area (Å²) in [5.74, 6) is -1.52. The van der Waals surface area contributed by atoms with Gasteiger partial charge >= 0.3 is 5.97 Å². The fourth-order valence-electron chi connectivity index (χ4n) is 2.98. The molecule has 0 spiro atoms. The van der Waals surface area contributed by atoms with Crippen molar-refractivity contribution in [1.29, 1.82) is 0 Å². The van der Waals surface area contributed by atoms with Gasteiger partial charge in [0.1, 0.15) is 17.1 Å². The van der Waals surface area contributed by atoms with Crippen molar-refractivity contribution >= 4 is 28.5 Å². The third kappa shape index (κ3) is 4.70. The van der Waals surface area contributed by atoms with Gasteiger partial charge in [0.15, 0.2) is 5.43 Å². The maximum absolute atomic E-state index is 11.7. The summed E-state index contributed by atoms with van der Waals surface area (Å²) < 4.78 is 5.76. The van der Waals surface area contributed by atoms with Crippen molar-refractivity contribution in [3.05, 3.63) is 69.9 Å². The third-order valence-corrected chi connectivity index (χ3v) is 4.04. The van der Waals surface area contributed by atoms with Crippen LogP contribution in [0, 0.1) is 0 Å². The van der Waals surface area contributed by atoms with E-state index in [2.05, 4.69) is 0 Å². The number of carbonyl (C=O) groups is 2. The quantitative estimate of drug-likeness (QED) is 0.345. The minimum atomic E-state index is -1.04. The molecule has 2 aliphatic rings. The summed E-state index contributed by atoms with van der Waals surface area (Å²) in [5.41, 5.74) is 2.10. The molecule has 0 amide bonds. The Balaban J connectivity index is 0.000000687. The van der Waals surface area contributed by atoms with E-state index in [9.17, 15) is 19.8 Å². The molecule has 29 heavy (non-hydrogen) atoms. The molecule has 7 nitrogen and oxygen atoms in total. The molecule has 0 bridgehead atoms. The molecule has 0 radical (unpaired) electrons. The highest BCUT2D eigenvalue weighted by molar-refractivity contribution is 6.11. The van der Waals surface area contributed by atoms with Crippen LogP contribution in [0.3, 0.4) is 0 Å². The predicted octanol–water partition coefficient (Wildman–Crippen LogP) is 4.13. The standard InChI is InChI=1S/C20H16O5.C2H4O2/c1-3-13(14(4-2)20(23)24)19-15-7-5-11(21)9-17(15)25-18-10-12(22)6-8-16(18)19;1-2(3)4/h3-10,21H,1-2H3,(H,23,24);1H3,(H,3,4)/b13-3+,14-4+;. The van der Waals surface area contributed by atoms with Gasteiger partial charge < -0.3 is 19.7 Å². The SMILES string of the molecule is C/C=C(\C(=C/C)C(=O)O)c1c2ccc(=O)cc-2oc2cc(O)ccc12.CC(=O)O. The molecule has 7 heteroatoms. The molecular weight excluding hydrogens is 376 g/mol. The molecule has 0 fully saturated rings. The van der Waals surface area contributed by atoms with E-state index in [4.69, 9.17) is 14.3 Å². The molecule has 0 saturated carbocycles. The largest absolute Gasteiger partial charge is 0.508 e. The molecule has 3 rings (SSSR count). The Morgan fingerprint density at radius 3 is 2.21 bits per heavy atom. The van der Waals surface area contributed by atoms with Crippen molar-refractivity contribution in [2.24, 2.45) is 0 Å². The number of benzene rings is 2. The van der Waals surface area contributed by atoms with Crippen LogP contribution in [0.25, 0.3) is 27.9 Å². The van der Waals surface area contributed by atoms with Crippen LogP contribution < -0.4 is 5.43 Å². The first-order chi connectivity index (χ1) is 13.7. The predicted molar refractivity (Wildman–Crippen MR) is 109 cm³/mol. The lowest BCUT2D eigenvalue weighted by Gasteiger charge is -2.17. The van der Waals surface area contributed by atoms with Crippen LogP contribution in [-0.4, -0.2) is 27.3 Å². The zero-order valence-corrected chi connectivity index (χ0v) is 16.1. The molecule has 0 saturated heterocycles. The number of fused-ring (bicyclic) bond motifs is 2. The molecular formula is C22H20O7. The van der Waals surface area contributed by atoms with Gasteiger partial charge in [0.05, 0.1) is 5.57 Å². The fourth-order valence-corrected chi connectivity index (χ4v) is 2.98. The highest BCUT2D eigenvalue weighted by atomic mass is 16.4. The number of carboxylic acids is 2. The summed E-state index contributed by atoms with van der Waals surface area (Å²) in [6.45, 7) is 4.50. The van der Waals surface area contributed by atoms with Crippen LogP contribution in [0.2, 0.25) is 0 Å². The van der Waals surface area contributed by atoms with Gasteiger partial charge in [-0.1, -0.05) is 12.2 Å². The second-order valence-corrected chi connectivity index (χ2v) is 6.04. The molecule has 1 aliphatic carbocycles. The first-order valence-corrected chi connectivity index (χ1v) is 8.65. The van der Waals surface area contributed by atoms with Crippen molar-refractivity contribution in [1.82, 2.24) is 0 Å². The summed E-state index contributed by atoms with van der Waals surface area (Å²) in [6.07, 6.45) is 3.25. The molecule has 0 atom stereocenters. The van der Waals surface area contributed by atoms with Gasteiger partial charge in [0.25, 0.3) is 5.97 Å². The van der Waals surface area contributed by atoms with E-state index in [1.54, 1.807) is 32.1 Å². The van der Waals surface area contributed by atoms with Crippen LogP contribution in [-0.2, 0) is 9.59 Å². The first-order valence-electron chi connectivity index (χ1n) is 8.65. The Morgan fingerprint density at radius 2 is 1.66 bits per heavy atom. The fraction of sp³-hybridized carbons (Fsp3) is 0.136. The molecule has 1 aliphatic heterocycles. The first kappa shape index (κ1) is 21.4. The summed E-state index contributed by atoms with van der Waals surface area (Å²) >= 11 is 0. The number of aliphatic carboxylic acids is 2. The summed E-state index contributed by atoms with van der Waals surface area (Å²) in [6, 6.07) is 9.02. The topological polar surface area (TPSA) is 125 Å². The van der Waals surface area contributed by atoms with E-state index >= 15 is 0 Å². The molecule has 1 heterocycles.